The van der Waals surface area contributed by atoms with Crippen LogP contribution in [0.5, 0.6) is 0 Å². The standard InChI is InChI=1S/C12H16BrN3O3S/c1-7-5-8(13)9(14)6-11(7)20(18,19)16-10-3-2-4-15-12(10)17/h5-6,10,16H,2-4,14H2,1H3,(H,15,17). The van der Waals surface area contributed by atoms with Gasteiger partial charge in [-0.1, -0.05) is 0 Å². The second kappa shape index (κ2) is 5.71. The van der Waals surface area contributed by atoms with Crippen LogP contribution in [0, 0.1) is 6.92 Å². The van der Waals surface area contributed by atoms with Crippen LogP contribution in [0.4, 0.5) is 5.69 Å². The third-order valence-corrected chi connectivity index (χ3v) is 5.47. The Kier molecular flexibility index (Phi) is 4.36. The van der Waals surface area contributed by atoms with Gasteiger partial charge in [0.25, 0.3) is 0 Å². The van der Waals surface area contributed by atoms with Crippen LogP contribution in [0.2, 0.25) is 0 Å². The monoisotopic (exact) mass is 361 g/mol. The van der Waals surface area contributed by atoms with E-state index in [9.17, 15) is 13.2 Å². The summed E-state index contributed by atoms with van der Waals surface area (Å²) in [5.41, 5.74) is 6.63. The molecule has 0 spiro atoms. The predicted molar refractivity (Wildman–Crippen MR) is 79.6 cm³/mol. The van der Waals surface area contributed by atoms with Crippen molar-refractivity contribution < 1.29 is 13.2 Å². The van der Waals surface area contributed by atoms with Gasteiger partial charge in [-0.05, 0) is 53.4 Å². The minimum Gasteiger partial charge on any atom is -0.398 e. The molecule has 1 aliphatic rings. The lowest BCUT2D eigenvalue weighted by atomic mass is 10.1. The lowest BCUT2D eigenvalue weighted by molar-refractivity contribution is -0.124. The molecule has 1 atom stereocenters. The Bertz CT molecular complexity index is 646. The highest BCUT2D eigenvalue weighted by molar-refractivity contribution is 9.10. The van der Waals surface area contributed by atoms with E-state index in [-0.39, 0.29) is 10.8 Å². The number of nitrogen functional groups attached to an aromatic ring is 1. The van der Waals surface area contributed by atoms with Crippen LogP contribution in [0.3, 0.4) is 0 Å². The summed E-state index contributed by atoms with van der Waals surface area (Å²) < 4.78 is 27.8. The molecule has 4 N–H and O–H groups in total. The van der Waals surface area contributed by atoms with E-state index in [2.05, 4.69) is 26.0 Å². The molecule has 1 unspecified atom stereocenters. The average molecular weight is 362 g/mol. The maximum atomic E-state index is 12.4. The molecule has 1 fully saturated rings. The molecule has 6 nitrogen and oxygen atoms in total. The van der Waals surface area contributed by atoms with Crippen LogP contribution in [-0.2, 0) is 14.8 Å². The van der Waals surface area contributed by atoms with Gasteiger partial charge in [-0.3, -0.25) is 4.79 Å². The van der Waals surface area contributed by atoms with E-state index in [1.165, 1.54) is 6.07 Å². The number of anilines is 1. The Hall–Kier alpha value is -1.12. The van der Waals surface area contributed by atoms with Crippen molar-refractivity contribution in [3.8, 4) is 0 Å². The molecule has 0 aliphatic carbocycles. The van der Waals surface area contributed by atoms with Gasteiger partial charge in [0.2, 0.25) is 15.9 Å². The van der Waals surface area contributed by atoms with Crippen LogP contribution in [0.1, 0.15) is 18.4 Å². The number of benzene rings is 1. The molecule has 8 heteroatoms. The van der Waals surface area contributed by atoms with Gasteiger partial charge in [-0.25, -0.2) is 8.42 Å². The second-order valence-electron chi connectivity index (χ2n) is 4.75. The zero-order chi connectivity index (χ0) is 14.9. The van der Waals surface area contributed by atoms with Crippen LogP contribution in [0.15, 0.2) is 21.5 Å². The van der Waals surface area contributed by atoms with Gasteiger partial charge in [-0.15, -0.1) is 0 Å². The van der Waals surface area contributed by atoms with Gasteiger partial charge >= 0.3 is 0 Å². The molecule has 1 amide bonds. The summed E-state index contributed by atoms with van der Waals surface area (Å²) in [5, 5.41) is 2.64. The van der Waals surface area contributed by atoms with Crippen LogP contribution in [0.25, 0.3) is 0 Å². The number of nitrogens with two attached hydrogens (primary N) is 1. The van der Waals surface area contributed by atoms with E-state index in [0.29, 0.717) is 28.7 Å². The molecule has 1 aromatic rings. The van der Waals surface area contributed by atoms with Crippen molar-refractivity contribution in [3.05, 3.63) is 22.2 Å². The molecule has 110 valence electrons. The van der Waals surface area contributed by atoms with Crippen LogP contribution in [-0.4, -0.2) is 26.9 Å². The van der Waals surface area contributed by atoms with E-state index >= 15 is 0 Å². The first-order chi connectivity index (χ1) is 9.31. The maximum Gasteiger partial charge on any atom is 0.241 e. The number of aryl methyl sites for hydroxylation is 1. The number of rotatable bonds is 3. The quantitative estimate of drug-likeness (QED) is 0.696. The summed E-state index contributed by atoms with van der Waals surface area (Å²) in [6.07, 6.45) is 1.25. The van der Waals surface area contributed by atoms with Crippen molar-refractivity contribution in [1.29, 1.82) is 0 Å². The summed E-state index contributed by atoms with van der Waals surface area (Å²) in [5.74, 6) is -0.289. The van der Waals surface area contributed by atoms with Crippen molar-refractivity contribution in [2.24, 2.45) is 0 Å². The number of halogens is 1. The lowest BCUT2D eigenvalue weighted by Gasteiger charge is -2.23. The molecule has 0 radical (unpaired) electrons. The molecule has 1 saturated heterocycles. The third-order valence-electron chi connectivity index (χ3n) is 3.17. The number of carbonyl (C=O) groups excluding carboxylic acids is 1. The Balaban J connectivity index is 2.31. The highest BCUT2D eigenvalue weighted by Gasteiger charge is 2.28. The summed E-state index contributed by atoms with van der Waals surface area (Å²) in [7, 11) is -3.77. The number of piperidine rings is 1. The Morgan fingerprint density at radius 2 is 2.15 bits per heavy atom. The van der Waals surface area contributed by atoms with Crippen molar-refractivity contribution >= 4 is 37.5 Å². The number of sulfonamides is 1. The molecule has 1 aromatic carbocycles. The first kappa shape index (κ1) is 15.3. The van der Waals surface area contributed by atoms with Crippen molar-refractivity contribution in [3.63, 3.8) is 0 Å². The maximum absolute atomic E-state index is 12.4. The molecular weight excluding hydrogens is 346 g/mol. The predicted octanol–water partition coefficient (Wildman–Crippen LogP) is 0.897. The molecular formula is C12H16BrN3O3S. The average Bonchev–Trinajstić information content (AvgIpc) is 2.36. The first-order valence-corrected chi connectivity index (χ1v) is 8.44. The SMILES string of the molecule is Cc1cc(Br)c(N)cc1S(=O)(=O)NC1CCCNC1=O. The van der Waals surface area contributed by atoms with E-state index in [1.54, 1.807) is 13.0 Å². The van der Waals surface area contributed by atoms with Gasteiger partial charge in [0, 0.05) is 16.7 Å². The highest BCUT2D eigenvalue weighted by atomic mass is 79.9. The lowest BCUT2D eigenvalue weighted by Crippen LogP contribution is -2.50. The Morgan fingerprint density at radius 1 is 1.45 bits per heavy atom. The minimum absolute atomic E-state index is 0.0940. The van der Waals surface area contributed by atoms with Gasteiger partial charge in [0.15, 0.2) is 0 Å². The molecule has 0 aromatic heterocycles. The normalized spacial score (nSPS) is 19.7. The van der Waals surface area contributed by atoms with Gasteiger partial charge in [0.1, 0.15) is 6.04 Å². The topological polar surface area (TPSA) is 101 Å². The van der Waals surface area contributed by atoms with Crippen LogP contribution >= 0.6 is 15.9 Å². The first-order valence-electron chi connectivity index (χ1n) is 6.17. The van der Waals surface area contributed by atoms with Crippen molar-refractivity contribution in [2.75, 3.05) is 12.3 Å². The zero-order valence-corrected chi connectivity index (χ0v) is 13.3. The fraction of sp³-hybridized carbons (Fsp3) is 0.417. The minimum atomic E-state index is -3.77. The molecule has 2 rings (SSSR count). The molecule has 20 heavy (non-hydrogen) atoms. The summed E-state index contributed by atoms with van der Waals surface area (Å²) in [4.78, 5) is 11.7. The fourth-order valence-corrected chi connectivity index (χ4v) is 4.04. The Morgan fingerprint density at radius 3 is 2.80 bits per heavy atom. The smallest absolute Gasteiger partial charge is 0.241 e. The van der Waals surface area contributed by atoms with Crippen LogP contribution < -0.4 is 15.8 Å². The second-order valence-corrected chi connectivity index (χ2v) is 7.28. The number of carbonyl (C=O) groups is 1. The number of nitrogens with one attached hydrogen (secondary N) is 2. The van der Waals surface area contributed by atoms with Gasteiger partial charge in [0.05, 0.1) is 4.90 Å². The van der Waals surface area contributed by atoms with E-state index in [4.69, 9.17) is 5.73 Å². The van der Waals surface area contributed by atoms with E-state index in [1.807, 2.05) is 0 Å². The highest BCUT2D eigenvalue weighted by Crippen LogP contribution is 2.26. The van der Waals surface area contributed by atoms with Gasteiger partial charge in [-0.2, -0.15) is 4.72 Å². The number of hydrogen-bond donors (Lipinski definition) is 3. The number of hydrogen-bond acceptors (Lipinski definition) is 4. The molecule has 0 saturated carbocycles. The summed E-state index contributed by atoms with van der Waals surface area (Å²) in [6, 6.07) is 2.31. The zero-order valence-electron chi connectivity index (χ0n) is 10.9. The molecule has 0 bridgehead atoms. The summed E-state index contributed by atoms with van der Waals surface area (Å²) in [6.45, 7) is 2.26. The third kappa shape index (κ3) is 3.13. The largest absolute Gasteiger partial charge is 0.398 e. The molecule has 1 heterocycles. The van der Waals surface area contributed by atoms with Gasteiger partial charge < -0.3 is 11.1 Å². The van der Waals surface area contributed by atoms with Crippen molar-refractivity contribution in [2.45, 2.75) is 30.7 Å². The summed E-state index contributed by atoms with van der Waals surface area (Å²) >= 11 is 3.25. The Labute approximate surface area is 126 Å². The van der Waals surface area contributed by atoms with E-state index in [0.717, 1.165) is 6.42 Å². The van der Waals surface area contributed by atoms with E-state index < -0.39 is 16.1 Å². The van der Waals surface area contributed by atoms with Crippen molar-refractivity contribution in [1.82, 2.24) is 10.0 Å². The molecule has 1 aliphatic heterocycles. The fourth-order valence-electron chi connectivity index (χ4n) is 2.09. The number of amides is 1.